The Labute approximate surface area is 259 Å². The molecule has 43 heavy (non-hydrogen) atoms. The Morgan fingerprint density at radius 3 is 1.84 bits per heavy atom. The molecule has 1 aliphatic rings. The molecule has 0 heterocycles. The summed E-state index contributed by atoms with van der Waals surface area (Å²) >= 11 is 0. The number of hydrogen-bond acceptors (Lipinski definition) is 3. The molecule has 0 atom stereocenters. The second kappa shape index (κ2) is 15.1. The van der Waals surface area contributed by atoms with Gasteiger partial charge in [0.1, 0.15) is 11.6 Å². The summed E-state index contributed by atoms with van der Waals surface area (Å²) in [6, 6.07) is 23.9. The molecule has 1 N–H and O–H groups in total. The first-order chi connectivity index (χ1) is 20.9. The number of nitrogens with zero attached hydrogens (tertiary/aromatic N) is 2. The summed E-state index contributed by atoms with van der Waals surface area (Å²) in [5.41, 5.74) is 9.79. The van der Waals surface area contributed by atoms with Crippen LogP contribution in [-0.4, -0.2) is 24.2 Å². The molecule has 0 fully saturated rings. The minimum Gasteiger partial charge on any atom is -0.477 e. The molecule has 0 amide bonds. The summed E-state index contributed by atoms with van der Waals surface area (Å²) in [7, 11) is 0. The summed E-state index contributed by atoms with van der Waals surface area (Å²) in [4.78, 5) is 13.9. The topological polar surface area (TPSA) is 64.3 Å². The highest BCUT2D eigenvalue weighted by Gasteiger charge is 2.42. The van der Waals surface area contributed by atoms with Crippen molar-refractivity contribution >= 4 is 17.7 Å². The minimum absolute atomic E-state index is 0.00421. The maximum absolute atomic E-state index is 11.3. The number of carbonyl (C=O) groups is 1. The van der Waals surface area contributed by atoms with Crippen molar-refractivity contribution in [3.63, 3.8) is 0 Å². The van der Waals surface area contributed by atoms with E-state index in [4.69, 9.17) is 5.26 Å². The Kier molecular flexibility index (Phi) is 11.2. The quantitative estimate of drug-likeness (QED) is 0.136. The predicted molar refractivity (Wildman–Crippen MR) is 180 cm³/mol. The van der Waals surface area contributed by atoms with Gasteiger partial charge in [-0.3, -0.25) is 0 Å². The van der Waals surface area contributed by atoms with Crippen molar-refractivity contribution in [2.24, 2.45) is 0 Å². The van der Waals surface area contributed by atoms with Gasteiger partial charge in [-0.1, -0.05) is 109 Å². The summed E-state index contributed by atoms with van der Waals surface area (Å²) in [5.74, 6) is -1.21. The van der Waals surface area contributed by atoms with Gasteiger partial charge in [-0.25, -0.2) is 4.79 Å². The van der Waals surface area contributed by atoms with E-state index >= 15 is 0 Å². The van der Waals surface area contributed by atoms with Gasteiger partial charge in [0.15, 0.2) is 0 Å². The van der Waals surface area contributed by atoms with Gasteiger partial charge in [0, 0.05) is 24.2 Å². The SMILES string of the molecule is CCCCN(CCCC)c1ccc2c(c1)C(CCCC)(CCCC)c1cc(-c3ccc(C=C(C#N)C(=O)O)cc3)ccc1-2. The third-order valence-electron chi connectivity index (χ3n) is 9.09. The Bertz CT molecular complexity index is 1450. The molecule has 1 aliphatic carbocycles. The Hall–Kier alpha value is -3.84. The van der Waals surface area contributed by atoms with Crippen LogP contribution in [0.3, 0.4) is 0 Å². The number of unbranched alkanes of at least 4 members (excludes halogenated alkanes) is 4. The smallest absolute Gasteiger partial charge is 0.346 e. The van der Waals surface area contributed by atoms with Crippen LogP contribution in [0.5, 0.6) is 0 Å². The lowest BCUT2D eigenvalue weighted by Gasteiger charge is -2.34. The van der Waals surface area contributed by atoms with E-state index < -0.39 is 5.97 Å². The van der Waals surface area contributed by atoms with Crippen LogP contribution in [-0.2, 0) is 10.2 Å². The van der Waals surface area contributed by atoms with Crippen LogP contribution in [0.15, 0.2) is 66.2 Å². The Balaban J connectivity index is 1.81. The number of nitriles is 1. The molecule has 0 unspecified atom stereocenters. The fourth-order valence-electron chi connectivity index (χ4n) is 6.63. The summed E-state index contributed by atoms with van der Waals surface area (Å²) < 4.78 is 0. The fraction of sp³-hybridized carbons (Fsp3) is 0.436. The van der Waals surface area contributed by atoms with Crippen LogP contribution in [0.2, 0.25) is 0 Å². The van der Waals surface area contributed by atoms with Crippen LogP contribution in [0, 0.1) is 11.3 Å². The molecule has 0 saturated carbocycles. The van der Waals surface area contributed by atoms with Crippen LogP contribution in [0.25, 0.3) is 28.3 Å². The minimum atomic E-state index is -1.21. The standard InChI is InChI=1S/C39H48N2O2/c1-5-9-21-39(22-10-6-2)36-26-31(30-15-13-29(14-16-30)25-32(28-40)38(42)43)17-19-34(36)35-20-18-33(27-37(35)39)41(23-11-7-3)24-12-8-4/h13-20,25-27H,5-12,21-24H2,1-4H3,(H,42,43). The molecule has 4 heteroatoms. The summed E-state index contributed by atoms with van der Waals surface area (Å²) in [6.07, 6.45) is 13.3. The molecular weight excluding hydrogens is 528 g/mol. The van der Waals surface area contributed by atoms with Crippen LogP contribution < -0.4 is 4.90 Å². The average Bonchev–Trinajstić information content (AvgIpc) is 3.30. The van der Waals surface area contributed by atoms with Crippen molar-refractivity contribution in [2.45, 2.75) is 97.3 Å². The first-order valence-electron chi connectivity index (χ1n) is 16.4. The number of benzene rings is 3. The molecule has 226 valence electrons. The molecule has 0 aliphatic heterocycles. The molecule has 4 nitrogen and oxygen atoms in total. The molecule has 0 spiro atoms. The van der Waals surface area contributed by atoms with Gasteiger partial charge in [0.25, 0.3) is 0 Å². The highest BCUT2D eigenvalue weighted by Crippen LogP contribution is 2.55. The molecule has 3 aromatic rings. The molecule has 0 bridgehead atoms. The van der Waals surface area contributed by atoms with Crippen molar-refractivity contribution in [1.29, 1.82) is 5.26 Å². The molecule has 0 radical (unpaired) electrons. The molecule has 0 saturated heterocycles. The van der Waals surface area contributed by atoms with E-state index in [2.05, 4.69) is 69.0 Å². The number of aliphatic carboxylic acids is 1. The van der Waals surface area contributed by atoms with Gasteiger partial charge in [-0.2, -0.15) is 5.26 Å². The highest BCUT2D eigenvalue weighted by atomic mass is 16.4. The van der Waals surface area contributed by atoms with Crippen LogP contribution in [0.4, 0.5) is 5.69 Å². The molecule has 3 aromatic carbocycles. The van der Waals surface area contributed by atoms with Crippen molar-refractivity contribution in [2.75, 3.05) is 18.0 Å². The molecular formula is C39H48N2O2. The van der Waals surface area contributed by atoms with E-state index in [1.54, 1.807) is 6.07 Å². The van der Waals surface area contributed by atoms with Gasteiger partial charge in [0.2, 0.25) is 0 Å². The fourth-order valence-corrected chi connectivity index (χ4v) is 6.63. The van der Waals surface area contributed by atoms with Crippen molar-refractivity contribution in [3.05, 3.63) is 82.9 Å². The maximum atomic E-state index is 11.3. The average molecular weight is 577 g/mol. The zero-order valence-electron chi connectivity index (χ0n) is 26.6. The Morgan fingerprint density at radius 2 is 1.30 bits per heavy atom. The van der Waals surface area contributed by atoms with Gasteiger partial charge in [-0.05, 0) is 88.9 Å². The van der Waals surface area contributed by atoms with E-state index in [1.807, 2.05) is 24.3 Å². The molecule has 0 aromatic heterocycles. The molecule has 4 rings (SSSR count). The van der Waals surface area contributed by atoms with Gasteiger partial charge >= 0.3 is 5.97 Å². The third-order valence-corrected chi connectivity index (χ3v) is 9.09. The van der Waals surface area contributed by atoms with Crippen LogP contribution in [0.1, 0.15) is 109 Å². The van der Waals surface area contributed by atoms with Crippen LogP contribution >= 0.6 is 0 Å². The maximum Gasteiger partial charge on any atom is 0.346 e. The lowest BCUT2D eigenvalue weighted by atomic mass is 9.70. The van der Waals surface area contributed by atoms with E-state index in [0.717, 1.165) is 31.5 Å². The third kappa shape index (κ3) is 7.04. The largest absolute Gasteiger partial charge is 0.477 e. The highest BCUT2D eigenvalue weighted by molar-refractivity contribution is 5.96. The van der Waals surface area contributed by atoms with Gasteiger partial charge < -0.3 is 10.0 Å². The van der Waals surface area contributed by atoms with Gasteiger partial charge in [-0.15, -0.1) is 0 Å². The van der Waals surface area contributed by atoms with E-state index in [1.165, 1.54) is 90.9 Å². The summed E-state index contributed by atoms with van der Waals surface area (Å²) in [6.45, 7) is 11.4. The second-order valence-corrected chi connectivity index (χ2v) is 12.1. The van der Waals surface area contributed by atoms with E-state index in [-0.39, 0.29) is 11.0 Å². The predicted octanol–water partition coefficient (Wildman–Crippen LogP) is 10.4. The number of carboxylic acids is 1. The van der Waals surface area contributed by atoms with Gasteiger partial charge in [0.05, 0.1) is 0 Å². The number of rotatable bonds is 16. The van der Waals surface area contributed by atoms with Crippen molar-refractivity contribution < 1.29 is 9.90 Å². The first kappa shape index (κ1) is 32.1. The number of anilines is 1. The lowest BCUT2D eigenvalue weighted by molar-refractivity contribution is -0.132. The zero-order chi connectivity index (χ0) is 30.8. The number of fused-ring (bicyclic) bond motifs is 3. The normalized spacial score (nSPS) is 13.3. The zero-order valence-corrected chi connectivity index (χ0v) is 26.6. The second-order valence-electron chi connectivity index (χ2n) is 12.1. The summed E-state index contributed by atoms with van der Waals surface area (Å²) in [5, 5.41) is 18.4. The van der Waals surface area contributed by atoms with E-state index in [0.29, 0.717) is 5.56 Å². The number of hydrogen-bond donors (Lipinski definition) is 1. The van der Waals surface area contributed by atoms with Crippen molar-refractivity contribution in [3.8, 4) is 28.3 Å². The van der Waals surface area contributed by atoms with E-state index in [9.17, 15) is 9.90 Å². The first-order valence-corrected chi connectivity index (χ1v) is 16.4. The monoisotopic (exact) mass is 576 g/mol. The lowest BCUT2D eigenvalue weighted by Crippen LogP contribution is -2.28. The van der Waals surface area contributed by atoms with Crippen molar-refractivity contribution in [1.82, 2.24) is 0 Å². The Morgan fingerprint density at radius 1 is 0.767 bits per heavy atom. The number of carboxylic acid groups (broad SMARTS) is 1.